The smallest absolute Gasteiger partial charge is 0.0703 e. The minimum Gasteiger partial charge on any atom is -0.378 e. The van der Waals surface area contributed by atoms with E-state index in [0.29, 0.717) is 0 Å². The van der Waals surface area contributed by atoms with Crippen molar-refractivity contribution in [3.63, 3.8) is 0 Å². The molecule has 3 heteroatoms. The quantitative estimate of drug-likeness (QED) is 0.692. The molecule has 1 aromatic heterocycles. The van der Waals surface area contributed by atoms with Crippen LogP contribution in [0.5, 0.6) is 0 Å². The Morgan fingerprint density at radius 3 is 2.81 bits per heavy atom. The van der Waals surface area contributed by atoms with Crippen molar-refractivity contribution in [3.05, 3.63) is 71.4 Å². The van der Waals surface area contributed by atoms with Crippen molar-refractivity contribution >= 4 is 28.2 Å². The molecule has 0 aliphatic carbocycles. The Morgan fingerprint density at radius 2 is 2.00 bits per heavy atom. The summed E-state index contributed by atoms with van der Waals surface area (Å²) in [5, 5.41) is 5.49. The Kier molecular flexibility index (Phi) is 4.07. The van der Waals surface area contributed by atoms with Gasteiger partial charge in [0.1, 0.15) is 0 Å². The van der Waals surface area contributed by atoms with Crippen LogP contribution in [-0.4, -0.2) is 4.98 Å². The lowest BCUT2D eigenvalue weighted by atomic mass is 10.0. The molecule has 0 aliphatic rings. The fraction of sp³-hybridized carbons (Fsp3) is 0.167. The van der Waals surface area contributed by atoms with Crippen LogP contribution in [-0.2, 0) is 0 Å². The van der Waals surface area contributed by atoms with Crippen molar-refractivity contribution in [2.45, 2.75) is 19.4 Å². The molecule has 0 amide bonds. The van der Waals surface area contributed by atoms with Crippen molar-refractivity contribution in [1.29, 1.82) is 0 Å². The highest BCUT2D eigenvalue weighted by molar-refractivity contribution is 6.30. The topological polar surface area (TPSA) is 24.9 Å². The van der Waals surface area contributed by atoms with Crippen LogP contribution in [0, 0.1) is 0 Å². The third-order valence-electron chi connectivity index (χ3n) is 3.60. The van der Waals surface area contributed by atoms with Gasteiger partial charge >= 0.3 is 0 Å². The molecule has 1 unspecified atom stereocenters. The molecule has 0 saturated carbocycles. The first-order valence-electron chi connectivity index (χ1n) is 7.13. The monoisotopic (exact) mass is 296 g/mol. The van der Waals surface area contributed by atoms with Gasteiger partial charge < -0.3 is 5.32 Å². The fourth-order valence-corrected chi connectivity index (χ4v) is 2.71. The summed E-state index contributed by atoms with van der Waals surface area (Å²) in [6.45, 7) is 2.17. The Hall–Kier alpha value is -2.06. The van der Waals surface area contributed by atoms with Crippen molar-refractivity contribution in [1.82, 2.24) is 4.98 Å². The second kappa shape index (κ2) is 6.15. The molecule has 2 aromatic carbocycles. The van der Waals surface area contributed by atoms with Crippen LogP contribution in [0.3, 0.4) is 0 Å². The van der Waals surface area contributed by atoms with Crippen LogP contribution in [0.2, 0.25) is 5.02 Å². The molecule has 2 nitrogen and oxygen atoms in total. The predicted octanol–water partition coefficient (Wildman–Crippen LogP) is 5.45. The number of anilines is 1. The van der Waals surface area contributed by atoms with Crippen molar-refractivity contribution in [2.24, 2.45) is 0 Å². The first kappa shape index (κ1) is 13.9. The summed E-state index contributed by atoms with van der Waals surface area (Å²) in [5.41, 5.74) is 3.32. The number of hydrogen-bond acceptors (Lipinski definition) is 2. The minimum absolute atomic E-state index is 0.248. The van der Waals surface area contributed by atoms with Crippen LogP contribution >= 0.6 is 11.6 Å². The number of nitrogens with zero attached hydrogens (tertiary/aromatic N) is 1. The average Bonchev–Trinajstić information content (AvgIpc) is 2.52. The van der Waals surface area contributed by atoms with Gasteiger partial charge in [-0.25, -0.2) is 0 Å². The SMILES string of the molecule is CCC(Nc1ccc2ncccc2c1)c1cccc(Cl)c1. The van der Waals surface area contributed by atoms with E-state index < -0.39 is 0 Å². The van der Waals surface area contributed by atoms with Gasteiger partial charge in [-0.1, -0.05) is 36.7 Å². The average molecular weight is 297 g/mol. The maximum Gasteiger partial charge on any atom is 0.0703 e. The van der Waals surface area contributed by atoms with Gasteiger partial charge in [0.25, 0.3) is 0 Å². The number of nitrogens with one attached hydrogen (secondary N) is 1. The summed E-state index contributed by atoms with van der Waals surface area (Å²) in [6, 6.07) is 18.6. The van der Waals surface area contributed by atoms with E-state index in [0.717, 1.165) is 28.0 Å². The summed E-state index contributed by atoms with van der Waals surface area (Å²) >= 11 is 6.09. The number of halogens is 1. The molecule has 1 N–H and O–H groups in total. The molecule has 0 aliphatic heterocycles. The molecule has 1 atom stereocenters. The summed E-state index contributed by atoms with van der Waals surface area (Å²) in [7, 11) is 0. The lowest BCUT2D eigenvalue weighted by Gasteiger charge is -2.19. The fourth-order valence-electron chi connectivity index (χ4n) is 2.51. The lowest BCUT2D eigenvalue weighted by Crippen LogP contribution is -2.09. The van der Waals surface area contributed by atoms with E-state index in [9.17, 15) is 0 Å². The van der Waals surface area contributed by atoms with Gasteiger partial charge in [-0.05, 0) is 48.4 Å². The highest BCUT2D eigenvalue weighted by Gasteiger charge is 2.09. The van der Waals surface area contributed by atoms with Crippen LogP contribution in [0.4, 0.5) is 5.69 Å². The Bertz CT molecular complexity index is 755. The molecule has 0 radical (unpaired) electrons. The van der Waals surface area contributed by atoms with Crippen LogP contribution in [0.15, 0.2) is 60.8 Å². The number of aromatic nitrogens is 1. The van der Waals surface area contributed by atoms with E-state index in [1.165, 1.54) is 5.56 Å². The van der Waals surface area contributed by atoms with Crippen molar-refractivity contribution in [2.75, 3.05) is 5.32 Å². The van der Waals surface area contributed by atoms with E-state index >= 15 is 0 Å². The zero-order valence-electron chi connectivity index (χ0n) is 11.9. The normalized spacial score (nSPS) is 12.3. The first-order valence-corrected chi connectivity index (χ1v) is 7.51. The molecular formula is C18H17ClN2. The molecular weight excluding hydrogens is 280 g/mol. The summed E-state index contributed by atoms with van der Waals surface area (Å²) in [6.07, 6.45) is 2.81. The van der Waals surface area contributed by atoms with Gasteiger partial charge in [0.05, 0.1) is 11.6 Å². The van der Waals surface area contributed by atoms with Gasteiger partial charge in [0, 0.05) is 22.3 Å². The number of fused-ring (bicyclic) bond motifs is 1. The van der Waals surface area contributed by atoms with E-state index in [1.54, 1.807) is 0 Å². The molecule has 3 rings (SSSR count). The molecule has 3 aromatic rings. The molecule has 0 saturated heterocycles. The number of rotatable bonds is 4. The molecule has 1 heterocycles. The standard InChI is InChI=1S/C18H17ClN2/c1-2-17(13-5-3-7-15(19)11-13)21-16-8-9-18-14(12-16)6-4-10-20-18/h3-12,17,21H,2H2,1H3. The lowest BCUT2D eigenvalue weighted by molar-refractivity contribution is 0.750. The van der Waals surface area contributed by atoms with E-state index in [-0.39, 0.29) is 6.04 Å². The van der Waals surface area contributed by atoms with Gasteiger partial charge in [-0.15, -0.1) is 0 Å². The summed E-state index contributed by atoms with van der Waals surface area (Å²) in [4.78, 5) is 4.35. The zero-order valence-corrected chi connectivity index (χ0v) is 12.6. The Morgan fingerprint density at radius 1 is 1.10 bits per heavy atom. The second-order valence-corrected chi connectivity index (χ2v) is 5.51. The number of benzene rings is 2. The molecule has 106 valence electrons. The van der Waals surface area contributed by atoms with Gasteiger partial charge in [-0.3, -0.25) is 4.98 Å². The van der Waals surface area contributed by atoms with Gasteiger partial charge in [0.15, 0.2) is 0 Å². The van der Waals surface area contributed by atoms with E-state index in [2.05, 4.69) is 41.5 Å². The Labute approximate surface area is 129 Å². The summed E-state index contributed by atoms with van der Waals surface area (Å²) < 4.78 is 0. The number of hydrogen-bond donors (Lipinski definition) is 1. The van der Waals surface area contributed by atoms with E-state index in [1.807, 2.05) is 36.5 Å². The van der Waals surface area contributed by atoms with Crippen LogP contribution < -0.4 is 5.32 Å². The summed E-state index contributed by atoms with van der Waals surface area (Å²) in [5.74, 6) is 0. The van der Waals surface area contributed by atoms with Crippen molar-refractivity contribution in [3.8, 4) is 0 Å². The highest BCUT2D eigenvalue weighted by Crippen LogP contribution is 2.26. The largest absolute Gasteiger partial charge is 0.378 e. The minimum atomic E-state index is 0.248. The molecule has 0 spiro atoms. The molecule has 0 fully saturated rings. The van der Waals surface area contributed by atoms with Crippen molar-refractivity contribution < 1.29 is 0 Å². The van der Waals surface area contributed by atoms with E-state index in [4.69, 9.17) is 11.6 Å². The molecule has 21 heavy (non-hydrogen) atoms. The van der Waals surface area contributed by atoms with Crippen LogP contribution in [0.25, 0.3) is 10.9 Å². The third kappa shape index (κ3) is 3.17. The Balaban J connectivity index is 1.88. The zero-order chi connectivity index (χ0) is 14.7. The maximum absolute atomic E-state index is 6.09. The number of pyridine rings is 1. The predicted molar refractivity (Wildman–Crippen MR) is 89.8 cm³/mol. The highest BCUT2D eigenvalue weighted by atomic mass is 35.5. The maximum atomic E-state index is 6.09. The van der Waals surface area contributed by atoms with Gasteiger partial charge in [-0.2, -0.15) is 0 Å². The van der Waals surface area contributed by atoms with Gasteiger partial charge in [0.2, 0.25) is 0 Å². The molecule has 0 bridgehead atoms. The third-order valence-corrected chi connectivity index (χ3v) is 3.84. The van der Waals surface area contributed by atoms with Crippen LogP contribution in [0.1, 0.15) is 24.9 Å². The first-order chi connectivity index (χ1) is 10.3. The second-order valence-electron chi connectivity index (χ2n) is 5.07.